The highest BCUT2D eigenvalue weighted by Crippen LogP contribution is 2.13. The van der Waals surface area contributed by atoms with E-state index in [2.05, 4.69) is 9.71 Å². The molecule has 1 aromatic heterocycles. The van der Waals surface area contributed by atoms with Crippen molar-refractivity contribution in [1.82, 2.24) is 9.71 Å². The first kappa shape index (κ1) is 15.0. The van der Waals surface area contributed by atoms with E-state index in [1.165, 1.54) is 0 Å². The summed E-state index contributed by atoms with van der Waals surface area (Å²) in [6.45, 7) is 3.31. The molecule has 7 heteroatoms. The van der Waals surface area contributed by atoms with Gasteiger partial charge in [0.05, 0.1) is 11.8 Å². The van der Waals surface area contributed by atoms with Gasteiger partial charge in [-0.2, -0.15) is 0 Å². The molecule has 1 aromatic rings. The molecule has 1 atom stereocenters. The van der Waals surface area contributed by atoms with Crippen LogP contribution in [0.3, 0.4) is 0 Å². The Bertz CT molecular complexity index is 503. The summed E-state index contributed by atoms with van der Waals surface area (Å²) in [5.41, 5.74) is -1.12. The number of aliphatic hydroxyl groups is 1. The lowest BCUT2D eigenvalue weighted by molar-refractivity contribution is 0.0554. The van der Waals surface area contributed by atoms with E-state index in [-0.39, 0.29) is 11.4 Å². The van der Waals surface area contributed by atoms with E-state index in [0.717, 1.165) is 24.9 Å². The highest BCUT2D eigenvalue weighted by molar-refractivity contribution is 7.89. The van der Waals surface area contributed by atoms with Crippen molar-refractivity contribution in [1.29, 1.82) is 0 Å². The lowest BCUT2D eigenvalue weighted by Crippen LogP contribution is -2.40. The summed E-state index contributed by atoms with van der Waals surface area (Å²) < 4.78 is 38.7. The molecule has 0 bridgehead atoms. The fourth-order valence-corrected chi connectivity index (χ4v) is 2.64. The molecule has 0 radical (unpaired) electrons. The summed E-state index contributed by atoms with van der Waals surface area (Å²) in [4.78, 5) is 3.22. The topological polar surface area (TPSA) is 79.3 Å². The van der Waals surface area contributed by atoms with Crippen molar-refractivity contribution in [2.45, 2.75) is 37.2 Å². The van der Waals surface area contributed by atoms with Gasteiger partial charge < -0.3 is 5.11 Å². The van der Waals surface area contributed by atoms with Gasteiger partial charge in [-0.1, -0.05) is 13.3 Å². The molecule has 0 aliphatic carbocycles. The van der Waals surface area contributed by atoms with E-state index < -0.39 is 21.4 Å². The first-order valence-corrected chi connectivity index (χ1v) is 7.08. The summed E-state index contributed by atoms with van der Waals surface area (Å²) in [6.07, 6.45) is 3.18. The summed E-state index contributed by atoms with van der Waals surface area (Å²) in [6, 6.07) is 0.879. The third-order valence-electron chi connectivity index (χ3n) is 2.42. The van der Waals surface area contributed by atoms with Crippen LogP contribution in [0.25, 0.3) is 0 Å². The van der Waals surface area contributed by atoms with Crippen LogP contribution in [0.15, 0.2) is 23.4 Å². The zero-order chi connectivity index (χ0) is 13.8. The van der Waals surface area contributed by atoms with Crippen LogP contribution in [0, 0.1) is 5.82 Å². The van der Waals surface area contributed by atoms with Crippen LogP contribution in [0.4, 0.5) is 4.39 Å². The Hall–Kier alpha value is -1.05. The Morgan fingerprint density at radius 3 is 2.72 bits per heavy atom. The molecule has 1 unspecified atom stereocenters. The summed E-state index contributed by atoms with van der Waals surface area (Å²) in [5.74, 6) is -0.724. The van der Waals surface area contributed by atoms with Crippen molar-refractivity contribution < 1.29 is 17.9 Å². The van der Waals surface area contributed by atoms with Crippen LogP contribution >= 0.6 is 0 Å². The molecule has 0 spiro atoms. The van der Waals surface area contributed by atoms with Crippen LogP contribution in [0.2, 0.25) is 0 Å². The van der Waals surface area contributed by atoms with Gasteiger partial charge >= 0.3 is 0 Å². The van der Waals surface area contributed by atoms with Gasteiger partial charge in [0, 0.05) is 12.7 Å². The van der Waals surface area contributed by atoms with Crippen molar-refractivity contribution in [2.75, 3.05) is 6.54 Å². The SMILES string of the molecule is CCCC(C)(O)CNS(=O)(=O)c1cncc(F)c1. The molecule has 0 amide bonds. The Morgan fingerprint density at radius 1 is 1.50 bits per heavy atom. The van der Waals surface area contributed by atoms with Crippen molar-refractivity contribution in [3.05, 3.63) is 24.3 Å². The molecule has 0 saturated heterocycles. The maximum absolute atomic E-state index is 12.9. The number of rotatable bonds is 6. The second-order valence-corrected chi connectivity index (χ2v) is 6.18. The second kappa shape index (κ2) is 5.73. The number of nitrogens with zero attached hydrogens (tertiary/aromatic N) is 1. The van der Waals surface area contributed by atoms with Gasteiger partial charge in [-0.3, -0.25) is 4.98 Å². The molecule has 18 heavy (non-hydrogen) atoms. The molecule has 1 rings (SSSR count). The first-order chi connectivity index (χ1) is 8.27. The normalized spacial score (nSPS) is 15.3. The van der Waals surface area contributed by atoms with E-state index in [0.29, 0.717) is 6.42 Å². The zero-order valence-electron chi connectivity index (χ0n) is 10.4. The predicted molar refractivity (Wildman–Crippen MR) is 64.9 cm³/mol. The van der Waals surface area contributed by atoms with Crippen LogP contribution in [0.1, 0.15) is 26.7 Å². The molecule has 2 N–H and O–H groups in total. The standard InChI is InChI=1S/C11H17FN2O3S/c1-3-4-11(2,15)8-14-18(16,17)10-5-9(12)6-13-7-10/h5-7,14-15H,3-4,8H2,1-2H3. The Kier molecular flexibility index (Phi) is 4.78. The van der Waals surface area contributed by atoms with Gasteiger partial charge in [0.25, 0.3) is 0 Å². The van der Waals surface area contributed by atoms with Gasteiger partial charge in [-0.25, -0.2) is 17.5 Å². The van der Waals surface area contributed by atoms with Gasteiger partial charge in [0.15, 0.2) is 0 Å². The first-order valence-electron chi connectivity index (χ1n) is 5.59. The van der Waals surface area contributed by atoms with Gasteiger partial charge in [0.1, 0.15) is 10.7 Å². The molecule has 0 saturated carbocycles. The maximum Gasteiger partial charge on any atom is 0.242 e. The number of halogens is 1. The quantitative estimate of drug-likeness (QED) is 0.814. The molecule has 0 aromatic carbocycles. The third kappa shape index (κ3) is 4.32. The minimum atomic E-state index is -3.85. The van der Waals surface area contributed by atoms with Crippen LogP contribution in [0.5, 0.6) is 0 Å². The lowest BCUT2D eigenvalue weighted by Gasteiger charge is -2.22. The second-order valence-electron chi connectivity index (χ2n) is 4.41. The Morgan fingerprint density at radius 2 is 2.17 bits per heavy atom. The monoisotopic (exact) mass is 276 g/mol. The van der Waals surface area contributed by atoms with Crippen molar-refractivity contribution in [2.24, 2.45) is 0 Å². The minimum Gasteiger partial charge on any atom is -0.389 e. The smallest absolute Gasteiger partial charge is 0.242 e. The van der Waals surface area contributed by atoms with E-state index in [1.54, 1.807) is 6.92 Å². The van der Waals surface area contributed by atoms with Crippen LogP contribution in [-0.4, -0.2) is 30.7 Å². The molecule has 1 heterocycles. The summed E-state index contributed by atoms with van der Waals surface area (Å²) >= 11 is 0. The number of sulfonamides is 1. The molecule has 0 aliphatic heterocycles. The predicted octanol–water partition coefficient (Wildman–Crippen LogP) is 1.05. The molecular weight excluding hydrogens is 259 g/mol. The van der Waals surface area contributed by atoms with Gasteiger partial charge in [-0.05, 0) is 19.4 Å². The number of hydrogen-bond donors (Lipinski definition) is 2. The molecule has 5 nitrogen and oxygen atoms in total. The summed E-state index contributed by atoms with van der Waals surface area (Å²) in [7, 11) is -3.85. The summed E-state index contributed by atoms with van der Waals surface area (Å²) in [5, 5.41) is 9.86. The lowest BCUT2D eigenvalue weighted by atomic mass is 10.0. The largest absolute Gasteiger partial charge is 0.389 e. The average molecular weight is 276 g/mol. The van der Waals surface area contributed by atoms with Crippen molar-refractivity contribution in [3.63, 3.8) is 0 Å². The van der Waals surface area contributed by atoms with E-state index >= 15 is 0 Å². The molecule has 0 aliphatic rings. The fourth-order valence-electron chi connectivity index (χ4n) is 1.50. The zero-order valence-corrected chi connectivity index (χ0v) is 11.2. The average Bonchev–Trinajstić information content (AvgIpc) is 2.27. The minimum absolute atomic E-state index is 0.125. The van der Waals surface area contributed by atoms with Crippen LogP contribution < -0.4 is 4.72 Å². The van der Waals surface area contributed by atoms with Crippen molar-refractivity contribution in [3.8, 4) is 0 Å². The van der Waals surface area contributed by atoms with Crippen LogP contribution in [-0.2, 0) is 10.0 Å². The Balaban J connectivity index is 2.78. The van der Waals surface area contributed by atoms with Gasteiger partial charge in [-0.15, -0.1) is 0 Å². The Labute approximate surface area is 106 Å². The molecule has 102 valence electrons. The van der Waals surface area contributed by atoms with Gasteiger partial charge in [0.2, 0.25) is 10.0 Å². The molecule has 0 fully saturated rings. The van der Waals surface area contributed by atoms with E-state index in [4.69, 9.17) is 0 Å². The number of aromatic nitrogens is 1. The molecular formula is C11H17FN2O3S. The van der Waals surface area contributed by atoms with Crippen molar-refractivity contribution >= 4 is 10.0 Å². The highest BCUT2D eigenvalue weighted by atomic mass is 32.2. The number of nitrogens with one attached hydrogen (secondary N) is 1. The van der Waals surface area contributed by atoms with E-state index in [1.807, 2.05) is 6.92 Å². The third-order valence-corrected chi connectivity index (χ3v) is 3.79. The number of hydrogen-bond acceptors (Lipinski definition) is 4. The highest BCUT2D eigenvalue weighted by Gasteiger charge is 2.23. The fraction of sp³-hybridized carbons (Fsp3) is 0.545. The maximum atomic E-state index is 12.9. The number of pyridine rings is 1. The van der Waals surface area contributed by atoms with E-state index in [9.17, 15) is 17.9 Å².